The standard InChI is InChI=1S/C34H70O/c1-3-5-7-8-9-10-11-12-13-14-15-16-17-18-19-20-21-22-23-24-25-26-27-28-29-30-31-32-34-35-33-6-4-2/h3-34H2,1-2H3. The Hall–Kier alpha value is -0.0400. The predicted octanol–water partition coefficient (Wildman–Crippen LogP) is 12.7. The fourth-order valence-corrected chi connectivity index (χ4v) is 5.22. The molecule has 0 aliphatic heterocycles. The van der Waals surface area contributed by atoms with Crippen LogP contribution < -0.4 is 0 Å². The van der Waals surface area contributed by atoms with E-state index in [4.69, 9.17) is 4.74 Å². The zero-order chi connectivity index (χ0) is 25.3. The van der Waals surface area contributed by atoms with Crippen LogP contribution >= 0.6 is 0 Å². The van der Waals surface area contributed by atoms with Crippen molar-refractivity contribution in [2.45, 2.75) is 206 Å². The topological polar surface area (TPSA) is 9.23 Å². The summed E-state index contributed by atoms with van der Waals surface area (Å²) in [5, 5.41) is 0. The van der Waals surface area contributed by atoms with Crippen molar-refractivity contribution < 1.29 is 4.74 Å². The van der Waals surface area contributed by atoms with E-state index >= 15 is 0 Å². The van der Waals surface area contributed by atoms with E-state index in [1.54, 1.807) is 0 Å². The molecule has 0 aromatic heterocycles. The first-order chi connectivity index (χ1) is 17.4. The van der Waals surface area contributed by atoms with Gasteiger partial charge in [0.2, 0.25) is 0 Å². The summed E-state index contributed by atoms with van der Waals surface area (Å²) in [5.74, 6) is 0. The van der Waals surface area contributed by atoms with E-state index in [1.165, 1.54) is 193 Å². The van der Waals surface area contributed by atoms with Gasteiger partial charge < -0.3 is 4.74 Å². The van der Waals surface area contributed by atoms with Crippen LogP contribution in [0, 0.1) is 0 Å². The Morgan fingerprint density at radius 1 is 0.229 bits per heavy atom. The second-order valence-corrected chi connectivity index (χ2v) is 11.5. The van der Waals surface area contributed by atoms with Crippen LogP contribution in [0.1, 0.15) is 206 Å². The minimum absolute atomic E-state index is 0.968. The van der Waals surface area contributed by atoms with Crippen LogP contribution in [0.2, 0.25) is 0 Å². The zero-order valence-corrected chi connectivity index (χ0v) is 25.0. The molecule has 0 aromatic carbocycles. The van der Waals surface area contributed by atoms with Gasteiger partial charge in [0.25, 0.3) is 0 Å². The Labute approximate surface area is 224 Å². The first kappa shape index (κ1) is 35.0. The van der Waals surface area contributed by atoms with Gasteiger partial charge in [0.15, 0.2) is 0 Å². The molecule has 35 heavy (non-hydrogen) atoms. The molecule has 0 aliphatic carbocycles. The molecule has 0 N–H and O–H groups in total. The number of rotatable bonds is 32. The van der Waals surface area contributed by atoms with Gasteiger partial charge in [-0.05, 0) is 12.8 Å². The molecule has 0 rings (SSSR count). The maximum atomic E-state index is 5.63. The number of ether oxygens (including phenoxy) is 1. The first-order valence-electron chi connectivity index (χ1n) is 17.0. The van der Waals surface area contributed by atoms with Crippen molar-refractivity contribution in [3.05, 3.63) is 0 Å². The van der Waals surface area contributed by atoms with Gasteiger partial charge in [-0.15, -0.1) is 0 Å². The summed E-state index contributed by atoms with van der Waals surface area (Å²) in [7, 11) is 0. The van der Waals surface area contributed by atoms with Crippen molar-refractivity contribution in [3.63, 3.8) is 0 Å². The summed E-state index contributed by atoms with van der Waals surface area (Å²) in [6, 6.07) is 0. The number of hydrogen-bond acceptors (Lipinski definition) is 1. The van der Waals surface area contributed by atoms with Crippen LogP contribution in [0.3, 0.4) is 0 Å². The highest BCUT2D eigenvalue weighted by atomic mass is 16.5. The number of unbranched alkanes of at least 4 members (excludes halogenated alkanes) is 28. The van der Waals surface area contributed by atoms with Gasteiger partial charge in [-0.3, -0.25) is 0 Å². The molecular formula is C34H70O. The minimum atomic E-state index is 0.968. The van der Waals surface area contributed by atoms with Crippen molar-refractivity contribution in [2.75, 3.05) is 13.2 Å². The molecule has 0 spiro atoms. The fourth-order valence-electron chi connectivity index (χ4n) is 5.22. The average Bonchev–Trinajstić information content (AvgIpc) is 2.87. The fraction of sp³-hybridized carbons (Fsp3) is 1.00. The summed E-state index contributed by atoms with van der Waals surface area (Å²) in [4.78, 5) is 0. The molecule has 0 amide bonds. The van der Waals surface area contributed by atoms with Crippen LogP contribution in [-0.2, 0) is 4.74 Å². The lowest BCUT2D eigenvalue weighted by atomic mass is 10.0. The third-order valence-electron chi connectivity index (χ3n) is 7.78. The summed E-state index contributed by atoms with van der Waals surface area (Å²) in [6.45, 7) is 6.49. The second kappa shape index (κ2) is 34.0. The molecule has 0 saturated heterocycles. The monoisotopic (exact) mass is 495 g/mol. The molecule has 0 bridgehead atoms. The van der Waals surface area contributed by atoms with Crippen LogP contribution in [-0.4, -0.2) is 13.2 Å². The molecule has 0 heterocycles. The molecule has 0 fully saturated rings. The van der Waals surface area contributed by atoms with E-state index in [-0.39, 0.29) is 0 Å². The van der Waals surface area contributed by atoms with Gasteiger partial charge in [0.1, 0.15) is 0 Å². The highest BCUT2D eigenvalue weighted by Crippen LogP contribution is 2.16. The van der Waals surface area contributed by atoms with Crippen LogP contribution in [0.5, 0.6) is 0 Å². The Balaban J connectivity index is 3.00. The van der Waals surface area contributed by atoms with Gasteiger partial charge in [0.05, 0.1) is 0 Å². The van der Waals surface area contributed by atoms with Crippen molar-refractivity contribution in [1.29, 1.82) is 0 Å². The molecule has 0 radical (unpaired) electrons. The Morgan fingerprint density at radius 2 is 0.429 bits per heavy atom. The molecule has 0 aliphatic rings. The largest absolute Gasteiger partial charge is 0.381 e. The van der Waals surface area contributed by atoms with Crippen molar-refractivity contribution in [3.8, 4) is 0 Å². The average molecular weight is 495 g/mol. The van der Waals surface area contributed by atoms with Gasteiger partial charge in [-0.1, -0.05) is 194 Å². The Morgan fingerprint density at radius 3 is 0.686 bits per heavy atom. The van der Waals surface area contributed by atoms with E-state index in [2.05, 4.69) is 13.8 Å². The van der Waals surface area contributed by atoms with Crippen molar-refractivity contribution >= 4 is 0 Å². The normalized spacial score (nSPS) is 11.5. The summed E-state index contributed by atoms with van der Waals surface area (Å²) >= 11 is 0. The van der Waals surface area contributed by atoms with Crippen molar-refractivity contribution in [2.24, 2.45) is 0 Å². The highest BCUT2D eigenvalue weighted by Gasteiger charge is 1.97. The van der Waals surface area contributed by atoms with Crippen LogP contribution in [0.15, 0.2) is 0 Å². The van der Waals surface area contributed by atoms with E-state index in [1.807, 2.05) is 0 Å². The molecule has 0 unspecified atom stereocenters. The lowest BCUT2D eigenvalue weighted by Gasteiger charge is -2.05. The van der Waals surface area contributed by atoms with E-state index in [0.717, 1.165) is 13.2 Å². The minimum Gasteiger partial charge on any atom is -0.381 e. The lowest BCUT2D eigenvalue weighted by Crippen LogP contribution is -1.96. The van der Waals surface area contributed by atoms with E-state index in [0.29, 0.717) is 0 Å². The Kier molecular flexibility index (Phi) is 33.9. The van der Waals surface area contributed by atoms with Gasteiger partial charge in [0, 0.05) is 13.2 Å². The summed E-state index contributed by atoms with van der Waals surface area (Å²) < 4.78 is 5.63. The molecular weight excluding hydrogens is 424 g/mol. The highest BCUT2D eigenvalue weighted by molar-refractivity contribution is 4.52. The third-order valence-corrected chi connectivity index (χ3v) is 7.78. The molecule has 1 heteroatoms. The number of hydrogen-bond donors (Lipinski definition) is 0. The molecule has 0 aromatic rings. The summed E-state index contributed by atoms with van der Waals surface area (Å²) in [5.41, 5.74) is 0. The van der Waals surface area contributed by atoms with Gasteiger partial charge in [-0.2, -0.15) is 0 Å². The molecule has 0 atom stereocenters. The van der Waals surface area contributed by atoms with Crippen LogP contribution in [0.25, 0.3) is 0 Å². The predicted molar refractivity (Wildman–Crippen MR) is 161 cm³/mol. The molecule has 0 saturated carbocycles. The lowest BCUT2D eigenvalue weighted by molar-refractivity contribution is 0.127. The quantitative estimate of drug-likeness (QED) is 0.0844. The molecule has 1 nitrogen and oxygen atoms in total. The SMILES string of the molecule is CCCCCCCCCCCCCCCCCCCCCCCCCCCCCCOCCCC. The van der Waals surface area contributed by atoms with Crippen molar-refractivity contribution in [1.82, 2.24) is 0 Å². The zero-order valence-electron chi connectivity index (χ0n) is 25.0. The molecule has 212 valence electrons. The smallest absolute Gasteiger partial charge is 0.0466 e. The van der Waals surface area contributed by atoms with E-state index in [9.17, 15) is 0 Å². The third kappa shape index (κ3) is 34.0. The maximum Gasteiger partial charge on any atom is 0.0466 e. The first-order valence-corrected chi connectivity index (χ1v) is 17.0. The van der Waals surface area contributed by atoms with E-state index < -0.39 is 0 Å². The Bertz CT molecular complexity index is 307. The van der Waals surface area contributed by atoms with Crippen LogP contribution in [0.4, 0.5) is 0 Å². The van der Waals surface area contributed by atoms with Gasteiger partial charge in [-0.25, -0.2) is 0 Å². The summed E-state index contributed by atoms with van der Waals surface area (Å²) in [6.07, 6.45) is 43.4. The second-order valence-electron chi connectivity index (χ2n) is 11.5. The van der Waals surface area contributed by atoms with Gasteiger partial charge >= 0.3 is 0 Å². The maximum absolute atomic E-state index is 5.63.